The molecule has 3 rings (SSSR count). The second kappa shape index (κ2) is 8.03. The van der Waals surface area contributed by atoms with Crippen molar-refractivity contribution in [3.8, 4) is 11.3 Å². The first-order chi connectivity index (χ1) is 12.2. The molecule has 0 aliphatic rings. The molecule has 0 radical (unpaired) electrons. The summed E-state index contributed by atoms with van der Waals surface area (Å²) in [7, 11) is 0. The average Bonchev–Trinajstić information content (AvgIpc) is 3.11. The van der Waals surface area contributed by atoms with E-state index in [1.54, 1.807) is 13.0 Å². The fourth-order valence-corrected chi connectivity index (χ4v) is 3.13. The molecule has 0 unspecified atom stereocenters. The zero-order valence-electron chi connectivity index (χ0n) is 14.3. The number of aryl methyl sites for hydroxylation is 1. The van der Waals surface area contributed by atoms with Gasteiger partial charge in [-0.3, -0.25) is 5.43 Å². The van der Waals surface area contributed by atoms with Crippen molar-refractivity contribution < 1.29 is 4.39 Å². The van der Waals surface area contributed by atoms with Crippen LogP contribution in [-0.2, 0) is 6.42 Å². The number of rotatable bonds is 6. The summed E-state index contributed by atoms with van der Waals surface area (Å²) in [5, 5.41) is 7.19. The molecular weight excluding hydrogens is 333 g/mol. The molecular formula is C20H20FN3S. The number of hydrogen-bond acceptors (Lipinski definition) is 4. The Hall–Kier alpha value is -2.53. The van der Waals surface area contributed by atoms with Crippen LogP contribution in [0.2, 0.25) is 0 Å². The van der Waals surface area contributed by atoms with E-state index in [0.717, 1.165) is 34.9 Å². The first-order valence-corrected chi connectivity index (χ1v) is 9.11. The maximum Gasteiger partial charge on any atom is 0.203 e. The van der Waals surface area contributed by atoms with Gasteiger partial charge in [-0.05, 0) is 42.7 Å². The minimum Gasteiger partial charge on any atom is -0.253 e. The van der Waals surface area contributed by atoms with Crippen LogP contribution >= 0.6 is 11.3 Å². The van der Waals surface area contributed by atoms with E-state index >= 15 is 0 Å². The molecule has 3 nitrogen and oxygen atoms in total. The second-order valence-corrected chi connectivity index (χ2v) is 6.67. The van der Waals surface area contributed by atoms with Gasteiger partial charge in [0.2, 0.25) is 5.13 Å². The van der Waals surface area contributed by atoms with Crippen LogP contribution in [0, 0.1) is 12.7 Å². The molecule has 1 aromatic heterocycles. The molecule has 1 heterocycles. The maximum atomic E-state index is 13.4. The lowest BCUT2D eigenvalue weighted by Crippen LogP contribution is -2.05. The van der Waals surface area contributed by atoms with E-state index in [1.165, 1.54) is 23.0 Å². The van der Waals surface area contributed by atoms with Gasteiger partial charge in [0.1, 0.15) is 5.82 Å². The molecule has 3 aromatic rings. The molecule has 0 saturated heterocycles. The van der Waals surface area contributed by atoms with Gasteiger partial charge in [-0.25, -0.2) is 9.37 Å². The van der Waals surface area contributed by atoms with Gasteiger partial charge in [0, 0.05) is 23.1 Å². The predicted octanol–water partition coefficient (Wildman–Crippen LogP) is 5.68. The van der Waals surface area contributed by atoms with Crippen molar-refractivity contribution >= 4 is 22.2 Å². The highest BCUT2D eigenvalue weighted by Crippen LogP contribution is 2.26. The van der Waals surface area contributed by atoms with Crippen LogP contribution in [0.15, 0.2) is 59.0 Å². The Morgan fingerprint density at radius 3 is 2.72 bits per heavy atom. The Balaban J connectivity index is 1.70. The molecule has 0 amide bonds. The highest BCUT2D eigenvalue weighted by molar-refractivity contribution is 7.14. The third kappa shape index (κ3) is 4.51. The third-order valence-electron chi connectivity index (χ3n) is 3.93. The molecule has 1 N–H and O–H groups in total. The lowest BCUT2D eigenvalue weighted by atomic mass is 10.1. The van der Waals surface area contributed by atoms with Gasteiger partial charge in [0.15, 0.2) is 0 Å². The van der Waals surface area contributed by atoms with Crippen molar-refractivity contribution in [2.24, 2.45) is 5.10 Å². The number of nitrogens with one attached hydrogen (secondary N) is 1. The summed E-state index contributed by atoms with van der Waals surface area (Å²) < 4.78 is 13.4. The molecule has 0 atom stereocenters. The van der Waals surface area contributed by atoms with Crippen LogP contribution in [-0.4, -0.2) is 10.7 Å². The van der Waals surface area contributed by atoms with E-state index in [0.29, 0.717) is 5.56 Å². The quantitative estimate of drug-likeness (QED) is 0.457. The van der Waals surface area contributed by atoms with Gasteiger partial charge in [-0.15, -0.1) is 11.3 Å². The van der Waals surface area contributed by atoms with Gasteiger partial charge < -0.3 is 0 Å². The number of hydrogen-bond donors (Lipinski definition) is 1. The third-order valence-corrected chi connectivity index (χ3v) is 4.67. The van der Waals surface area contributed by atoms with E-state index in [9.17, 15) is 4.39 Å². The average molecular weight is 353 g/mol. The first kappa shape index (κ1) is 17.3. The van der Waals surface area contributed by atoms with E-state index < -0.39 is 0 Å². The van der Waals surface area contributed by atoms with Crippen molar-refractivity contribution in [3.63, 3.8) is 0 Å². The SMILES string of the molecule is CC/C(Cc1ccccc1)=N/Nc1nc(-c2ccc(F)c(C)c2)cs1. The van der Waals surface area contributed by atoms with Crippen LogP contribution < -0.4 is 5.43 Å². The zero-order chi connectivity index (χ0) is 17.6. The summed E-state index contributed by atoms with van der Waals surface area (Å²) in [6.07, 6.45) is 1.69. The number of anilines is 1. The highest BCUT2D eigenvalue weighted by Gasteiger charge is 2.07. The molecule has 0 aliphatic heterocycles. The fourth-order valence-electron chi connectivity index (χ4n) is 2.46. The summed E-state index contributed by atoms with van der Waals surface area (Å²) in [5.74, 6) is -0.199. The Morgan fingerprint density at radius 1 is 1.20 bits per heavy atom. The Morgan fingerprint density at radius 2 is 2.00 bits per heavy atom. The summed E-state index contributed by atoms with van der Waals surface area (Å²) >= 11 is 1.49. The van der Waals surface area contributed by atoms with E-state index in [2.05, 4.69) is 34.6 Å². The minimum atomic E-state index is -0.199. The molecule has 5 heteroatoms. The van der Waals surface area contributed by atoms with Gasteiger partial charge >= 0.3 is 0 Å². The number of halogens is 1. The largest absolute Gasteiger partial charge is 0.253 e. The standard InChI is InChI=1S/C20H20FN3S/c1-3-17(12-15-7-5-4-6-8-15)23-24-20-22-19(13-25-20)16-9-10-18(21)14(2)11-16/h4-11,13H,3,12H2,1-2H3,(H,22,24)/b23-17-. The zero-order valence-corrected chi connectivity index (χ0v) is 15.1. The van der Waals surface area contributed by atoms with Crippen LogP contribution in [0.4, 0.5) is 9.52 Å². The molecule has 0 fully saturated rings. The van der Waals surface area contributed by atoms with Gasteiger partial charge in [-0.1, -0.05) is 37.3 Å². The molecule has 0 aliphatic carbocycles. The first-order valence-electron chi connectivity index (χ1n) is 8.23. The Labute approximate surface area is 151 Å². The second-order valence-electron chi connectivity index (χ2n) is 5.81. The molecule has 0 saturated carbocycles. The fraction of sp³-hybridized carbons (Fsp3) is 0.200. The Bertz CT molecular complexity index is 872. The van der Waals surface area contributed by atoms with E-state index in [4.69, 9.17) is 0 Å². The molecule has 0 bridgehead atoms. The maximum absolute atomic E-state index is 13.4. The summed E-state index contributed by atoms with van der Waals surface area (Å²) in [6.45, 7) is 3.85. The lowest BCUT2D eigenvalue weighted by Gasteiger charge is -2.04. The topological polar surface area (TPSA) is 37.3 Å². The van der Waals surface area contributed by atoms with Gasteiger partial charge in [0.05, 0.1) is 5.69 Å². The smallest absolute Gasteiger partial charge is 0.203 e. The van der Waals surface area contributed by atoms with Crippen molar-refractivity contribution in [1.29, 1.82) is 0 Å². The highest BCUT2D eigenvalue weighted by atomic mass is 32.1. The number of nitrogens with zero attached hydrogens (tertiary/aromatic N) is 2. The van der Waals surface area contributed by atoms with Crippen LogP contribution in [0.1, 0.15) is 24.5 Å². The molecule has 0 spiro atoms. The molecule has 128 valence electrons. The van der Waals surface area contributed by atoms with Crippen LogP contribution in [0.3, 0.4) is 0 Å². The summed E-state index contributed by atoms with van der Waals surface area (Å²) in [5.41, 5.74) is 7.72. The van der Waals surface area contributed by atoms with Crippen LogP contribution in [0.25, 0.3) is 11.3 Å². The van der Waals surface area contributed by atoms with Crippen LogP contribution in [0.5, 0.6) is 0 Å². The Kier molecular flexibility index (Phi) is 5.56. The lowest BCUT2D eigenvalue weighted by molar-refractivity contribution is 0.619. The van der Waals surface area contributed by atoms with E-state index in [-0.39, 0.29) is 5.82 Å². The normalized spacial score (nSPS) is 11.6. The monoisotopic (exact) mass is 353 g/mol. The number of benzene rings is 2. The van der Waals surface area contributed by atoms with Crippen molar-refractivity contribution in [2.75, 3.05) is 5.43 Å². The summed E-state index contributed by atoms with van der Waals surface area (Å²) in [6, 6.07) is 15.3. The number of hydrazone groups is 1. The van der Waals surface area contributed by atoms with E-state index in [1.807, 2.05) is 29.6 Å². The van der Waals surface area contributed by atoms with Crippen molar-refractivity contribution in [2.45, 2.75) is 26.7 Å². The van der Waals surface area contributed by atoms with Gasteiger partial charge in [-0.2, -0.15) is 5.10 Å². The van der Waals surface area contributed by atoms with Gasteiger partial charge in [0.25, 0.3) is 0 Å². The van der Waals surface area contributed by atoms with Crippen molar-refractivity contribution in [1.82, 2.24) is 4.98 Å². The van der Waals surface area contributed by atoms with Crippen molar-refractivity contribution in [3.05, 3.63) is 70.9 Å². The summed E-state index contributed by atoms with van der Waals surface area (Å²) in [4.78, 5) is 4.54. The predicted molar refractivity (Wildman–Crippen MR) is 104 cm³/mol. The number of aromatic nitrogens is 1. The number of thiazole rings is 1. The molecule has 25 heavy (non-hydrogen) atoms. The minimum absolute atomic E-state index is 0.199. The molecule has 2 aromatic carbocycles.